The molecule has 0 fully saturated rings. The van der Waals surface area contributed by atoms with Crippen LogP contribution in [-0.2, 0) is 19.1 Å². The van der Waals surface area contributed by atoms with Gasteiger partial charge in [-0.05, 0) is 35.9 Å². The summed E-state index contributed by atoms with van der Waals surface area (Å²) in [7, 11) is 1.19. The Hall–Kier alpha value is -2.80. The average Bonchev–Trinajstić information content (AvgIpc) is 2.76. The van der Waals surface area contributed by atoms with Gasteiger partial charge >= 0.3 is 5.97 Å². The first kappa shape index (κ1) is 23.9. The van der Waals surface area contributed by atoms with E-state index in [9.17, 15) is 19.6 Å². The molecule has 0 aliphatic carbocycles. The maximum absolute atomic E-state index is 12.8. The van der Waals surface area contributed by atoms with Gasteiger partial charge in [0.15, 0.2) is 0 Å². The van der Waals surface area contributed by atoms with E-state index in [2.05, 4.69) is 32.6 Å². The number of hydrogen-bond donors (Lipinski definition) is 2. The van der Waals surface area contributed by atoms with Gasteiger partial charge in [-0.25, -0.2) is 0 Å². The van der Waals surface area contributed by atoms with Crippen LogP contribution >= 0.6 is 39.3 Å². The summed E-state index contributed by atoms with van der Waals surface area (Å²) in [5.74, 6) is -3.83. The van der Waals surface area contributed by atoms with E-state index in [0.29, 0.717) is 16.3 Å². The van der Waals surface area contributed by atoms with Gasteiger partial charge in [0, 0.05) is 21.1 Å². The van der Waals surface area contributed by atoms with Gasteiger partial charge < -0.3 is 15.4 Å². The van der Waals surface area contributed by atoms with E-state index in [1.807, 2.05) is 0 Å². The second-order valence-corrected chi connectivity index (χ2v) is 9.06. The summed E-state index contributed by atoms with van der Waals surface area (Å²) in [6, 6.07) is 15.8. The van der Waals surface area contributed by atoms with Crippen molar-refractivity contribution >= 4 is 62.8 Å². The van der Waals surface area contributed by atoms with Gasteiger partial charge in [-0.1, -0.05) is 57.5 Å². The number of benzene rings is 2. The molecule has 0 spiro atoms. The standard InChI is InChI=1S/C22H17BrClN3O4S/c1-31-22(30)19-18(12-4-2-5-13(23)8-12)16(10-25)21(27-20(19)29)32-11-17(28)26-15-7-3-6-14(24)9-15/h2-9,18-19H,11H2,1H3,(H,26,28)(H,27,29)/t18-,19-/m1/s1. The van der Waals surface area contributed by atoms with Crippen LogP contribution in [0.2, 0.25) is 5.02 Å². The lowest BCUT2D eigenvalue weighted by Gasteiger charge is -2.31. The molecule has 0 saturated heterocycles. The molecule has 2 N–H and O–H groups in total. The van der Waals surface area contributed by atoms with Crippen LogP contribution in [0.1, 0.15) is 11.5 Å². The van der Waals surface area contributed by atoms with E-state index in [1.54, 1.807) is 48.5 Å². The third-order valence-electron chi connectivity index (χ3n) is 4.65. The molecule has 2 amide bonds. The van der Waals surface area contributed by atoms with Gasteiger partial charge in [-0.15, -0.1) is 0 Å². The molecule has 1 aliphatic rings. The van der Waals surface area contributed by atoms with Gasteiger partial charge in [0.1, 0.15) is 5.92 Å². The Morgan fingerprint density at radius 3 is 2.69 bits per heavy atom. The molecule has 0 radical (unpaired) electrons. The van der Waals surface area contributed by atoms with E-state index in [1.165, 1.54) is 7.11 Å². The Bertz CT molecular complexity index is 1150. The van der Waals surface area contributed by atoms with Crippen LogP contribution in [0.5, 0.6) is 0 Å². The third-order valence-corrected chi connectivity index (χ3v) is 6.39. The largest absolute Gasteiger partial charge is 0.468 e. The van der Waals surface area contributed by atoms with E-state index < -0.39 is 23.7 Å². The minimum Gasteiger partial charge on any atom is -0.468 e. The Kier molecular flexibility index (Phi) is 7.96. The topological polar surface area (TPSA) is 108 Å². The summed E-state index contributed by atoms with van der Waals surface area (Å²) < 4.78 is 5.55. The van der Waals surface area contributed by atoms with Crippen LogP contribution in [0, 0.1) is 17.2 Å². The first-order valence-corrected chi connectivity index (χ1v) is 11.5. The molecule has 32 heavy (non-hydrogen) atoms. The molecule has 0 bridgehead atoms. The third kappa shape index (κ3) is 5.51. The minimum atomic E-state index is -1.23. The Morgan fingerprint density at radius 1 is 1.28 bits per heavy atom. The quantitative estimate of drug-likeness (QED) is 0.425. The summed E-state index contributed by atoms with van der Waals surface area (Å²) >= 11 is 10.3. The number of allylic oxidation sites excluding steroid dienone is 1. The molecule has 2 aromatic rings. The number of carbonyl (C=O) groups excluding carboxylic acids is 3. The maximum Gasteiger partial charge on any atom is 0.319 e. The van der Waals surface area contributed by atoms with Crippen molar-refractivity contribution in [2.24, 2.45) is 5.92 Å². The molecule has 0 aromatic heterocycles. The van der Waals surface area contributed by atoms with Crippen molar-refractivity contribution in [2.75, 3.05) is 18.2 Å². The van der Waals surface area contributed by atoms with E-state index in [0.717, 1.165) is 16.2 Å². The lowest BCUT2D eigenvalue weighted by molar-refractivity contribution is -0.150. The smallest absolute Gasteiger partial charge is 0.319 e. The molecule has 2 atom stereocenters. The zero-order valence-electron chi connectivity index (χ0n) is 16.7. The lowest BCUT2D eigenvalue weighted by Crippen LogP contribution is -2.44. The van der Waals surface area contributed by atoms with Crippen molar-refractivity contribution in [1.29, 1.82) is 5.26 Å². The first-order chi connectivity index (χ1) is 15.3. The highest BCUT2D eigenvalue weighted by molar-refractivity contribution is 9.10. The van der Waals surface area contributed by atoms with E-state index in [4.69, 9.17) is 16.3 Å². The second-order valence-electron chi connectivity index (χ2n) is 6.72. The molecule has 0 saturated carbocycles. The van der Waals surface area contributed by atoms with Crippen molar-refractivity contribution in [2.45, 2.75) is 5.92 Å². The number of nitrogens with one attached hydrogen (secondary N) is 2. The number of halogens is 2. The molecule has 1 heterocycles. The monoisotopic (exact) mass is 533 g/mol. The normalized spacial score (nSPS) is 17.9. The highest BCUT2D eigenvalue weighted by Crippen LogP contribution is 2.40. The number of carbonyl (C=O) groups is 3. The van der Waals surface area contributed by atoms with Gasteiger partial charge in [0.2, 0.25) is 11.8 Å². The summed E-state index contributed by atoms with van der Waals surface area (Å²) in [4.78, 5) is 37.6. The number of thioether (sulfide) groups is 1. The fourth-order valence-corrected chi connectivity index (χ4v) is 4.74. The number of nitrogens with zero attached hydrogens (tertiary/aromatic N) is 1. The number of rotatable bonds is 6. The SMILES string of the molecule is COC(=O)[C@H]1C(=O)NC(SCC(=O)Nc2cccc(Cl)c2)=C(C#N)[C@H]1c1cccc(Br)c1. The van der Waals surface area contributed by atoms with Gasteiger partial charge in [0.25, 0.3) is 0 Å². The number of hydrogen-bond acceptors (Lipinski definition) is 6. The number of ether oxygens (including phenoxy) is 1. The molecule has 2 aromatic carbocycles. The zero-order chi connectivity index (χ0) is 23.3. The van der Waals surface area contributed by atoms with Gasteiger partial charge in [-0.2, -0.15) is 5.26 Å². The predicted molar refractivity (Wildman–Crippen MR) is 126 cm³/mol. The summed E-state index contributed by atoms with van der Waals surface area (Å²) in [5.41, 5.74) is 1.31. The Morgan fingerprint density at radius 2 is 2.03 bits per heavy atom. The Labute approximate surface area is 202 Å². The first-order valence-electron chi connectivity index (χ1n) is 9.30. The van der Waals surface area contributed by atoms with Crippen LogP contribution in [0.15, 0.2) is 63.6 Å². The molecule has 7 nitrogen and oxygen atoms in total. The molecule has 10 heteroatoms. The Balaban J connectivity index is 1.89. The number of anilines is 1. The minimum absolute atomic E-state index is 0.0681. The fraction of sp³-hybridized carbons (Fsp3) is 0.182. The van der Waals surface area contributed by atoms with Crippen LogP contribution in [0.25, 0.3) is 0 Å². The van der Waals surface area contributed by atoms with Crippen molar-refractivity contribution in [1.82, 2.24) is 5.32 Å². The maximum atomic E-state index is 12.8. The summed E-state index contributed by atoms with van der Waals surface area (Å²) in [5, 5.41) is 15.9. The number of methoxy groups -OCH3 is 1. The summed E-state index contributed by atoms with van der Waals surface area (Å²) in [6.07, 6.45) is 0. The van der Waals surface area contributed by atoms with Crippen LogP contribution in [0.4, 0.5) is 5.69 Å². The summed E-state index contributed by atoms with van der Waals surface area (Å²) in [6.45, 7) is 0. The molecule has 1 aliphatic heterocycles. The average molecular weight is 535 g/mol. The number of amides is 2. The second kappa shape index (κ2) is 10.7. The van der Waals surface area contributed by atoms with E-state index in [-0.39, 0.29) is 22.3 Å². The number of esters is 1. The van der Waals surface area contributed by atoms with Gasteiger partial charge in [-0.3, -0.25) is 14.4 Å². The van der Waals surface area contributed by atoms with Crippen LogP contribution in [0.3, 0.4) is 0 Å². The van der Waals surface area contributed by atoms with Crippen molar-refractivity contribution in [3.8, 4) is 6.07 Å². The highest BCUT2D eigenvalue weighted by Gasteiger charge is 2.44. The fourth-order valence-electron chi connectivity index (χ4n) is 3.28. The molecule has 164 valence electrons. The molecule has 3 rings (SSSR count). The van der Waals surface area contributed by atoms with Gasteiger partial charge in [0.05, 0.1) is 29.5 Å². The van der Waals surface area contributed by atoms with E-state index >= 15 is 0 Å². The van der Waals surface area contributed by atoms with Crippen molar-refractivity contribution in [3.05, 3.63) is 74.2 Å². The molecular formula is C22H17BrClN3O4S. The molecular weight excluding hydrogens is 518 g/mol. The predicted octanol–water partition coefficient (Wildman–Crippen LogP) is 4.21. The van der Waals surface area contributed by atoms with Crippen LogP contribution in [-0.4, -0.2) is 30.6 Å². The van der Waals surface area contributed by atoms with Crippen molar-refractivity contribution in [3.63, 3.8) is 0 Å². The van der Waals surface area contributed by atoms with Crippen LogP contribution < -0.4 is 10.6 Å². The molecule has 0 unspecified atom stereocenters. The number of nitriles is 1. The highest BCUT2D eigenvalue weighted by atomic mass is 79.9. The lowest BCUT2D eigenvalue weighted by atomic mass is 9.78. The zero-order valence-corrected chi connectivity index (χ0v) is 19.9. The van der Waals surface area contributed by atoms with Crippen molar-refractivity contribution < 1.29 is 19.1 Å².